The Labute approximate surface area is 182 Å². The number of rotatable bonds is 2. The van der Waals surface area contributed by atoms with Crippen molar-refractivity contribution in [2.24, 2.45) is 14.1 Å². The molecule has 1 atom stereocenters. The van der Waals surface area contributed by atoms with Crippen LogP contribution in [0.3, 0.4) is 0 Å². The number of aromatic nitrogens is 2. The topological polar surface area (TPSA) is 99.4 Å². The fourth-order valence-electron chi connectivity index (χ4n) is 4.52. The van der Waals surface area contributed by atoms with Gasteiger partial charge in [-0.2, -0.15) is 0 Å². The van der Waals surface area contributed by atoms with E-state index in [1.807, 2.05) is 12.1 Å². The molecule has 160 valence electrons. The Morgan fingerprint density at radius 2 is 1.59 bits per heavy atom. The van der Waals surface area contributed by atoms with Crippen molar-refractivity contribution < 1.29 is 14.3 Å². The smallest absolute Gasteiger partial charge is 0.337 e. The van der Waals surface area contributed by atoms with E-state index in [4.69, 9.17) is 4.74 Å². The van der Waals surface area contributed by atoms with Crippen molar-refractivity contribution in [1.29, 1.82) is 0 Å². The Hall–Kier alpha value is -4.20. The average Bonchev–Trinajstić information content (AvgIpc) is 3.11. The molecule has 0 unspecified atom stereocenters. The lowest BCUT2D eigenvalue weighted by molar-refractivity contribution is 0.0600. The predicted molar refractivity (Wildman–Crippen MR) is 118 cm³/mol. The number of ketones is 1. The van der Waals surface area contributed by atoms with E-state index >= 15 is 0 Å². The van der Waals surface area contributed by atoms with Gasteiger partial charge in [0.1, 0.15) is 5.82 Å². The Morgan fingerprint density at radius 3 is 2.25 bits per heavy atom. The fraction of sp³-hybridized carbons (Fsp3) is 0.167. The standard InChI is InChI=1S/C24H19N3O5/c1-26-21-18(22(29)27(2)24(26)31)16(12-8-10-13(11-9-12)23(30)32-3)17-19(25-21)14-6-4-5-7-15(14)20(17)28/h4-11,16,25H,1-3H3/t16-/m0/s1. The first kappa shape index (κ1) is 19.7. The Bertz CT molecular complexity index is 1470. The van der Waals surface area contributed by atoms with Gasteiger partial charge >= 0.3 is 11.7 Å². The lowest BCUT2D eigenvalue weighted by Crippen LogP contribution is -2.42. The highest BCUT2D eigenvalue weighted by atomic mass is 16.5. The molecule has 0 fully saturated rings. The minimum Gasteiger partial charge on any atom is -0.465 e. The lowest BCUT2D eigenvalue weighted by atomic mass is 9.81. The van der Waals surface area contributed by atoms with E-state index in [-0.39, 0.29) is 5.78 Å². The van der Waals surface area contributed by atoms with Crippen LogP contribution in [0.5, 0.6) is 0 Å². The van der Waals surface area contributed by atoms with E-state index in [0.29, 0.717) is 39.3 Å². The molecule has 1 N–H and O–H groups in total. The molecule has 3 aromatic rings. The minimum absolute atomic E-state index is 0.174. The molecular weight excluding hydrogens is 410 g/mol. The van der Waals surface area contributed by atoms with Crippen LogP contribution < -0.4 is 16.6 Å². The molecule has 0 saturated carbocycles. The molecule has 1 aliphatic heterocycles. The summed E-state index contributed by atoms with van der Waals surface area (Å²) in [6.07, 6.45) is 0. The summed E-state index contributed by atoms with van der Waals surface area (Å²) in [5, 5.41) is 3.20. The fourth-order valence-corrected chi connectivity index (χ4v) is 4.52. The zero-order valence-corrected chi connectivity index (χ0v) is 17.6. The molecule has 0 saturated heterocycles. The van der Waals surface area contributed by atoms with E-state index < -0.39 is 23.1 Å². The maximum Gasteiger partial charge on any atom is 0.337 e. The predicted octanol–water partition coefficient (Wildman–Crippen LogP) is 2.04. The zero-order chi connectivity index (χ0) is 22.7. The van der Waals surface area contributed by atoms with Gasteiger partial charge in [0.2, 0.25) is 0 Å². The number of Topliss-reactive ketones (excluding diaryl/α,β-unsaturated/α-hetero) is 1. The monoisotopic (exact) mass is 429 g/mol. The number of allylic oxidation sites excluding steroid dienone is 1. The molecule has 1 aromatic heterocycles. The maximum absolute atomic E-state index is 13.4. The van der Waals surface area contributed by atoms with E-state index in [0.717, 1.165) is 10.1 Å². The largest absolute Gasteiger partial charge is 0.465 e. The molecule has 32 heavy (non-hydrogen) atoms. The van der Waals surface area contributed by atoms with Gasteiger partial charge in [-0.15, -0.1) is 0 Å². The summed E-state index contributed by atoms with van der Waals surface area (Å²) in [6.45, 7) is 0. The summed E-state index contributed by atoms with van der Waals surface area (Å²) in [5.41, 5.74) is 2.66. The quantitative estimate of drug-likeness (QED) is 0.626. The van der Waals surface area contributed by atoms with E-state index in [2.05, 4.69) is 5.32 Å². The second kappa shape index (κ2) is 6.91. The van der Waals surface area contributed by atoms with Crippen LogP contribution in [-0.4, -0.2) is 28.0 Å². The van der Waals surface area contributed by atoms with Gasteiger partial charge in [0.05, 0.1) is 23.9 Å². The van der Waals surface area contributed by atoms with Gasteiger partial charge in [0.25, 0.3) is 5.56 Å². The van der Waals surface area contributed by atoms with Gasteiger partial charge in [0, 0.05) is 36.7 Å². The summed E-state index contributed by atoms with van der Waals surface area (Å²) in [4.78, 5) is 51.2. The van der Waals surface area contributed by atoms with Crippen LogP contribution in [0.2, 0.25) is 0 Å². The highest BCUT2D eigenvalue weighted by molar-refractivity contribution is 6.23. The first-order chi connectivity index (χ1) is 15.3. The molecule has 0 radical (unpaired) electrons. The maximum atomic E-state index is 13.4. The summed E-state index contributed by atoms with van der Waals surface area (Å²) in [6, 6.07) is 13.8. The molecule has 0 bridgehead atoms. The molecular formula is C24H19N3O5. The van der Waals surface area contributed by atoms with E-state index in [9.17, 15) is 19.2 Å². The molecule has 2 aliphatic rings. The zero-order valence-electron chi connectivity index (χ0n) is 17.6. The minimum atomic E-state index is -0.710. The summed E-state index contributed by atoms with van der Waals surface area (Å²) < 4.78 is 7.18. The molecule has 2 heterocycles. The van der Waals surface area contributed by atoms with Crippen molar-refractivity contribution in [2.75, 3.05) is 12.4 Å². The van der Waals surface area contributed by atoms with Gasteiger partial charge < -0.3 is 10.1 Å². The average molecular weight is 429 g/mol. The lowest BCUT2D eigenvalue weighted by Gasteiger charge is -2.29. The van der Waals surface area contributed by atoms with Gasteiger partial charge in [-0.25, -0.2) is 9.59 Å². The van der Waals surface area contributed by atoms with Crippen molar-refractivity contribution in [3.05, 3.63) is 103 Å². The number of methoxy groups -OCH3 is 1. The van der Waals surface area contributed by atoms with Gasteiger partial charge in [0.15, 0.2) is 5.78 Å². The number of carbonyl (C=O) groups is 2. The third-order valence-corrected chi connectivity index (χ3v) is 6.14. The van der Waals surface area contributed by atoms with Crippen LogP contribution in [0.1, 0.15) is 43.3 Å². The van der Waals surface area contributed by atoms with Crippen molar-refractivity contribution in [1.82, 2.24) is 9.13 Å². The third-order valence-electron chi connectivity index (χ3n) is 6.14. The van der Waals surface area contributed by atoms with Crippen LogP contribution in [0.25, 0.3) is 5.70 Å². The summed E-state index contributed by atoms with van der Waals surface area (Å²) >= 11 is 0. The highest BCUT2D eigenvalue weighted by Gasteiger charge is 2.42. The molecule has 0 spiro atoms. The highest BCUT2D eigenvalue weighted by Crippen LogP contribution is 2.47. The molecule has 8 heteroatoms. The number of fused-ring (bicyclic) bond motifs is 3. The van der Waals surface area contributed by atoms with Crippen molar-refractivity contribution in [3.8, 4) is 0 Å². The van der Waals surface area contributed by atoms with Crippen molar-refractivity contribution in [3.63, 3.8) is 0 Å². The number of nitrogens with zero attached hydrogens (tertiary/aromatic N) is 2. The molecule has 0 amide bonds. The molecule has 8 nitrogen and oxygen atoms in total. The van der Waals surface area contributed by atoms with Crippen LogP contribution >= 0.6 is 0 Å². The number of carbonyl (C=O) groups excluding carboxylic acids is 2. The van der Waals surface area contributed by atoms with Gasteiger partial charge in [-0.05, 0) is 17.7 Å². The van der Waals surface area contributed by atoms with Crippen LogP contribution in [-0.2, 0) is 18.8 Å². The summed E-state index contributed by atoms with van der Waals surface area (Å²) in [5.74, 6) is -1.02. The normalized spacial score (nSPS) is 16.2. The van der Waals surface area contributed by atoms with Crippen molar-refractivity contribution >= 4 is 23.3 Å². The number of hydrogen-bond donors (Lipinski definition) is 1. The van der Waals surface area contributed by atoms with Crippen LogP contribution in [0.4, 0.5) is 5.82 Å². The van der Waals surface area contributed by atoms with Crippen molar-refractivity contribution in [2.45, 2.75) is 5.92 Å². The van der Waals surface area contributed by atoms with Gasteiger partial charge in [-0.1, -0.05) is 36.4 Å². The van der Waals surface area contributed by atoms with Crippen LogP contribution in [0.15, 0.2) is 63.7 Å². The third kappa shape index (κ3) is 2.56. The first-order valence-electron chi connectivity index (χ1n) is 9.98. The number of esters is 1. The second-order valence-corrected chi connectivity index (χ2v) is 7.80. The number of ether oxygens (including phenoxy) is 1. The first-order valence-corrected chi connectivity index (χ1v) is 9.98. The molecule has 1 aliphatic carbocycles. The number of benzene rings is 2. The number of nitrogens with one attached hydrogen (secondary N) is 1. The Balaban J connectivity index is 1.81. The molecule has 2 aromatic carbocycles. The van der Waals surface area contributed by atoms with Gasteiger partial charge in [-0.3, -0.25) is 18.7 Å². The molecule has 5 rings (SSSR count). The SMILES string of the molecule is COC(=O)c1ccc([C@H]2C3=C(Nc4c2c(=O)n(C)c(=O)n4C)c2ccccc2C3=O)cc1. The second-order valence-electron chi connectivity index (χ2n) is 7.80. The number of hydrogen-bond acceptors (Lipinski definition) is 6. The van der Waals surface area contributed by atoms with Crippen LogP contribution in [0, 0.1) is 0 Å². The van der Waals surface area contributed by atoms with E-state index in [1.165, 1.54) is 18.7 Å². The summed E-state index contributed by atoms with van der Waals surface area (Å²) in [7, 11) is 4.30. The number of anilines is 1. The Kier molecular flexibility index (Phi) is 4.27. The van der Waals surface area contributed by atoms with E-state index in [1.54, 1.807) is 43.4 Å². The Morgan fingerprint density at radius 1 is 0.938 bits per heavy atom.